The Morgan fingerprint density at radius 3 is 2.20 bits per heavy atom. The Labute approximate surface area is 242 Å². The largest absolute Gasteiger partial charge is 0.352 e. The van der Waals surface area contributed by atoms with E-state index in [0.29, 0.717) is 0 Å². The number of hydrogen-bond acceptors (Lipinski definition) is 4. The van der Waals surface area contributed by atoms with Crippen molar-refractivity contribution in [1.82, 2.24) is 10.2 Å². The monoisotopic (exact) mass is 581 g/mol. The lowest BCUT2D eigenvalue weighted by molar-refractivity contribution is -0.139. The number of amides is 2. The molecule has 0 aromatic heterocycles. The first-order valence-corrected chi connectivity index (χ1v) is 15.5. The summed E-state index contributed by atoms with van der Waals surface area (Å²) in [6, 6.07) is 21.4. The second-order valence-electron chi connectivity index (χ2n) is 10.3. The van der Waals surface area contributed by atoms with Crippen LogP contribution in [0.1, 0.15) is 50.2 Å². The molecule has 0 heterocycles. The molecule has 40 heavy (non-hydrogen) atoms. The predicted octanol–water partition coefficient (Wildman–Crippen LogP) is 5.71. The van der Waals surface area contributed by atoms with Gasteiger partial charge < -0.3 is 10.2 Å². The topological polar surface area (TPSA) is 86.8 Å². The van der Waals surface area contributed by atoms with E-state index in [9.17, 15) is 18.0 Å². The summed E-state index contributed by atoms with van der Waals surface area (Å²) < 4.78 is 28.7. The normalized spacial score (nSPS) is 14.8. The molecule has 3 aromatic carbocycles. The third-order valence-electron chi connectivity index (χ3n) is 7.32. The number of para-hydroxylation sites is 1. The quantitative estimate of drug-likeness (QED) is 0.332. The fourth-order valence-electron chi connectivity index (χ4n) is 4.93. The zero-order valence-corrected chi connectivity index (χ0v) is 24.5. The Hall–Kier alpha value is -3.36. The highest BCUT2D eigenvalue weighted by Gasteiger charge is 2.33. The van der Waals surface area contributed by atoms with Gasteiger partial charge in [-0.1, -0.05) is 91.0 Å². The maximum absolute atomic E-state index is 14.0. The molecule has 3 aromatic rings. The molecule has 1 aliphatic carbocycles. The van der Waals surface area contributed by atoms with E-state index in [1.807, 2.05) is 31.2 Å². The Bertz CT molecular complexity index is 1410. The number of benzene rings is 3. The Morgan fingerprint density at radius 1 is 0.925 bits per heavy atom. The molecule has 0 unspecified atom stereocenters. The molecule has 0 radical (unpaired) electrons. The molecule has 1 N–H and O–H groups in total. The van der Waals surface area contributed by atoms with Gasteiger partial charge in [0.05, 0.1) is 15.6 Å². The molecule has 0 spiro atoms. The number of nitrogens with zero attached hydrogens (tertiary/aromatic N) is 2. The van der Waals surface area contributed by atoms with Crippen LogP contribution in [-0.2, 0) is 26.2 Å². The minimum Gasteiger partial charge on any atom is -0.352 e. The number of aryl methyl sites for hydroxylation is 1. The van der Waals surface area contributed by atoms with Crippen LogP contribution in [0.15, 0.2) is 83.8 Å². The van der Waals surface area contributed by atoms with Crippen LogP contribution in [-0.4, -0.2) is 43.8 Å². The fraction of sp³-hybridized carbons (Fsp3) is 0.355. The van der Waals surface area contributed by atoms with E-state index >= 15 is 0 Å². The van der Waals surface area contributed by atoms with Gasteiger partial charge in [-0.05, 0) is 56.5 Å². The van der Waals surface area contributed by atoms with Gasteiger partial charge in [-0.3, -0.25) is 13.9 Å². The highest BCUT2D eigenvalue weighted by molar-refractivity contribution is 7.92. The lowest BCUT2D eigenvalue weighted by Gasteiger charge is -2.33. The molecule has 212 valence electrons. The summed E-state index contributed by atoms with van der Waals surface area (Å²) in [6.45, 7) is 3.30. The molecule has 2 amide bonds. The van der Waals surface area contributed by atoms with Gasteiger partial charge in [0.25, 0.3) is 10.0 Å². The summed E-state index contributed by atoms with van der Waals surface area (Å²) in [6.07, 6.45) is 5.12. The summed E-state index contributed by atoms with van der Waals surface area (Å²) in [7, 11) is -4.15. The molecule has 7 nitrogen and oxygen atoms in total. The van der Waals surface area contributed by atoms with Crippen molar-refractivity contribution in [2.45, 2.75) is 69.5 Å². The summed E-state index contributed by atoms with van der Waals surface area (Å²) in [5.41, 5.74) is 2.10. The fourth-order valence-corrected chi connectivity index (χ4v) is 6.67. The lowest BCUT2D eigenvalue weighted by Crippen LogP contribution is -2.53. The van der Waals surface area contributed by atoms with Crippen molar-refractivity contribution in [2.75, 3.05) is 10.8 Å². The van der Waals surface area contributed by atoms with E-state index in [1.165, 1.54) is 17.0 Å². The minimum atomic E-state index is -4.15. The van der Waals surface area contributed by atoms with Gasteiger partial charge in [0.2, 0.25) is 11.8 Å². The van der Waals surface area contributed by atoms with Crippen LogP contribution < -0.4 is 9.62 Å². The first kappa shape index (κ1) is 29.6. The van der Waals surface area contributed by atoms with E-state index in [-0.39, 0.29) is 34.1 Å². The van der Waals surface area contributed by atoms with Crippen LogP contribution in [0.2, 0.25) is 5.02 Å². The molecular weight excluding hydrogens is 546 g/mol. The number of hydrogen-bond donors (Lipinski definition) is 1. The average Bonchev–Trinajstić information content (AvgIpc) is 2.96. The van der Waals surface area contributed by atoms with Crippen molar-refractivity contribution in [3.8, 4) is 0 Å². The molecule has 1 aliphatic rings. The number of anilines is 1. The SMILES string of the molecule is Cc1ccc(CN(C(=O)CN(c2ccccc2Cl)S(=O)(=O)c2ccccc2)[C@@H](C)C(=O)NC2CCCCC2)cc1. The lowest BCUT2D eigenvalue weighted by atomic mass is 9.95. The number of halogens is 1. The number of carbonyl (C=O) groups excluding carboxylic acids is 2. The van der Waals surface area contributed by atoms with Crippen LogP contribution >= 0.6 is 11.6 Å². The highest BCUT2D eigenvalue weighted by Crippen LogP contribution is 2.30. The molecule has 1 fully saturated rings. The summed E-state index contributed by atoms with van der Waals surface area (Å²) in [5, 5.41) is 3.31. The van der Waals surface area contributed by atoms with E-state index in [0.717, 1.165) is 47.5 Å². The van der Waals surface area contributed by atoms with E-state index < -0.39 is 28.5 Å². The predicted molar refractivity (Wildman–Crippen MR) is 159 cm³/mol. The Morgan fingerprint density at radius 2 is 1.55 bits per heavy atom. The third-order valence-corrected chi connectivity index (χ3v) is 9.42. The van der Waals surface area contributed by atoms with Crippen molar-refractivity contribution in [2.24, 2.45) is 0 Å². The van der Waals surface area contributed by atoms with E-state index in [2.05, 4.69) is 5.32 Å². The van der Waals surface area contributed by atoms with Gasteiger partial charge in [0.1, 0.15) is 12.6 Å². The Balaban J connectivity index is 1.67. The number of carbonyl (C=O) groups is 2. The maximum atomic E-state index is 14.0. The number of sulfonamides is 1. The van der Waals surface area contributed by atoms with Gasteiger partial charge in [-0.25, -0.2) is 8.42 Å². The molecule has 9 heteroatoms. The van der Waals surface area contributed by atoms with Crippen LogP contribution in [0.3, 0.4) is 0 Å². The zero-order valence-electron chi connectivity index (χ0n) is 22.9. The van der Waals surface area contributed by atoms with Crippen LogP contribution in [0.5, 0.6) is 0 Å². The van der Waals surface area contributed by atoms with Crippen LogP contribution in [0.25, 0.3) is 0 Å². The van der Waals surface area contributed by atoms with Crippen molar-refractivity contribution in [3.05, 3.63) is 95.0 Å². The summed E-state index contributed by atoms with van der Waals surface area (Å²) >= 11 is 6.45. The molecule has 0 aliphatic heterocycles. The first-order valence-electron chi connectivity index (χ1n) is 13.6. The van der Waals surface area contributed by atoms with Crippen molar-refractivity contribution < 1.29 is 18.0 Å². The summed E-state index contributed by atoms with van der Waals surface area (Å²) in [4.78, 5) is 28.9. The molecule has 1 atom stereocenters. The van der Waals surface area contributed by atoms with Crippen LogP contribution in [0, 0.1) is 6.92 Å². The molecule has 4 rings (SSSR count). The van der Waals surface area contributed by atoms with Gasteiger partial charge in [0, 0.05) is 12.6 Å². The highest BCUT2D eigenvalue weighted by atomic mass is 35.5. The van der Waals surface area contributed by atoms with Crippen molar-refractivity contribution >= 4 is 39.1 Å². The van der Waals surface area contributed by atoms with Gasteiger partial charge >= 0.3 is 0 Å². The van der Waals surface area contributed by atoms with Crippen molar-refractivity contribution in [3.63, 3.8) is 0 Å². The minimum absolute atomic E-state index is 0.0379. The average molecular weight is 582 g/mol. The van der Waals surface area contributed by atoms with Gasteiger partial charge in [-0.2, -0.15) is 0 Å². The van der Waals surface area contributed by atoms with Crippen molar-refractivity contribution in [1.29, 1.82) is 0 Å². The standard InChI is InChI=1S/C31H36ClN3O4S/c1-23-17-19-25(20-18-23)21-34(24(2)31(37)33-26-11-5-3-6-12-26)30(36)22-35(29-16-10-9-15-28(29)32)40(38,39)27-13-7-4-8-14-27/h4,7-10,13-20,24,26H,3,5-6,11-12,21-22H2,1-2H3,(H,33,37)/t24-/m0/s1. The molecule has 0 saturated heterocycles. The Kier molecular flexibility index (Phi) is 9.87. The van der Waals surface area contributed by atoms with Gasteiger partial charge in [-0.15, -0.1) is 0 Å². The van der Waals surface area contributed by atoms with E-state index in [4.69, 9.17) is 11.6 Å². The summed E-state index contributed by atoms with van der Waals surface area (Å²) in [5.74, 6) is -0.756. The number of nitrogens with one attached hydrogen (secondary N) is 1. The second-order valence-corrected chi connectivity index (χ2v) is 12.6. The molecular formula is C31H36ClN3O4S. The number of rotatable bonds is 10. The maximum Gasteiger partial charge on any atom is 0.264 e. The van der Waals surface area contributed by atoms with Crippen LogP contribution in [0.4, 0.5) is 5.69 Å². The molecule has 0 bridgehead atoms. The third kappa shape index (κ3) is 7.23. The second kappa shape index (κ2) is 13.3. The van der Waals surface area contributed by atoms with E-state index in [1.54, 1.807) is 49.4 Å². The zero-order chi connectivity index (χ0) is 28.7. The smallest absolute Gasteiger partial charge is 0.264 e. The first-order chi connectivity index (χ1) is 19.2. The van der Waals surface area contributed by atoms with Gasteiger partial charge in [0.15, 0.2) is 0 Å². The molecule has 1 saturated carbocycles.